The van der Waals surface area contributed by atoms with E-state index in [1.165, 1.54) is 5.56 Å². The van der Waals surface area contributed by atoms with Gasteiger partial charge in [-0.3, -0.25) is 4.68 Å². The predicted molar refractivity (Wildman–Crippen MR) is 64.5 cm³/mol. The van der Waals surface area contributed by atoms with Crippen LogP contribution in [0.3, 0.4) is 0 Å². The van der Waals surface area contributed by atoms with Crippen molar-refractivity contribution in [3.63, 3.8) is 0 Å². The van der Waals surface area contributed by atoms with Gasteiger partial charge in [0.15, 0.2) is 0 Å². The highest BCUT2D eigenvalue weighted by Gasteiger charge is 2.25. The molecule has 16 heavy (non-hydrogen) atoms. The largest absolute Gasteiger partial charge is 0.384 e. The number of ether oxygens (including phenoxy) is 1. The maximum Gasteiger partial charge on any atom is 0.125 e. The highest BCUT2D eigenvalue weighted by atomic mass is 16.5. The number of anilines is 1. The monoisotopic (exact) mass is 223 g/mol. The summed E-state index contributed by atoms with van der Waals surface area (Å²) in [6.45, 7) is 6.01. The molecule has 1 aliphatic heterocycles. The van der Waals surface area contributed by atoms with Crippen LogP contribution in [0.25, 0.3) is 0 Å². The molecule has 0 radical (unpaired) electrons. The third-order valence-electron chi connectivity index (χ3n) is 3.28. The van der Waals surface area contributed by atoms with Crippen molar-refractivity contribution in [2.24, 2.45) is 7.05 Å². The Bertz CT molecular complexity index is 365. The van der Waals surface area contributed by atoms with Gasteiger partial charge in [0.2, 0.25) is 0 Å². The highest BCUT2D eigenvalue weighted by molar-refractivity contribution is 5.46. The molecule has 2 N–H and O–H groups in total. The minimum Gasteiger partial charge on any atom is -0.384 e. The first-order chi connectivity index (χ1) is 7.61. The van der Waals surface area contributed by atoms with Gasteiger partial charge in [-0.2, -0.15) is 5.10 Å². The van der Waals surface area contributed by atoms with Crippen molar-refractivity contribution in [1.82, 2.24) is 9.78 Å². The zero-order chi connectivity index (χ0) is 11.7. The van der Waals surface area contributed by atoms with Crippen LogP contribution in [0.2, 0.25) is 0 Å². The van der Waals surface area contributed by atoms with Crippen LogP contribution in [0.4, 0.5) is 5.82 Å². The van der Waals surface area contributed by atoms with Gasteiger partial charge in [0.05, 0.1) is 12.3 Å². The number of nitrogens with zero attached hydrogens (tertiary/aromatic N) is 2. The van der Waals surface area contributed by atoms with Gasteiger partial charge in [0.1, 0.15) is 5.82 Å². The molecular formula is C12H21N3O. The Morgan fingerprint density at radius 2 is 2.25 bits per heavy atom. The number of hydrogen-bond acceptors (Lipinski definition) is 3. The van der Waals surface area contributed by atoms with Gasteiger partial charge in [-0.15, -0.1) is 0 Å². The quantitative estimate of drug-likeness (QED) is 0.834. The van der Waals surface area contributed by atoms with Gasteiger partial charge in [-0.1, -0.05) is 13.8 Å². The Balaban J connectivity index is 2.35. The van der Waals surface area contributed by atoms with E-state index in [9.17, 15) is 0 Å². The average Bonchev–Trinajstić information content (AvgIpc) is 2.57. The van der Waals surface area contributed by atoms with Gasteiger partial charge in [0, 0.05) is 25.1 Å². The van der Waals surface area contributed by atoms with E-state index in [2.05, 4.69) is 18.9 Å². The highest BCUT2D eigenvalue weighted by Crippen LogP contribution is 2.33. The molecule has 0 spiro atoms. The van der Waals surface area contributed by atoms with E-state index >= 15 is 0 Å². The number of nitrogen functional groups attached to an aromatic ring is 1. The molecule has 4 heteroatoms. The molecule has 0 amide bonds. The van der Waals surface area contributed by atoms with Gasteiger partial charge in [0.25, 0.3) is 0 Å². The molecule has 4 nitrogen and oxygen atoms in total. The van der Waals surface area contributed by atoms with E-state index < -0.39 is 0 Å². The molecule has 1 aromatic heterocycles. The van der Waals surface area contributed by atoms with Crippen LogP contribution in [-0.2, 0) is 11.8 Å². The normalized spacial score (nSPS) is 21.6. The van der Waals surface area contributed by atoms with Crippen molar-refractivity contribution >= 4 is 5.82 Å². The molecule has 0 saturated carbocycles. The molecule has 1 saturated heterocycles. The molecular weight excluding hydrogens is 202 g/mol. The maximum atomic E-state index is 6.07. The molecule has 2 rings (SSSR count). The molecule has 1 aromatic rings. The smallest absolute Gasteiger partial charge is 0.125 e. The van der Waals surface area contributed by atoms with Crippen LogP contribution in [-0.4, -0.2) is 23.0 Å². The summed E-state index contributed by atoms with van der Waals surface area (Å²) in [5.74, 6) is 1.65. The van der Waals surface area contributed by atoms with Gasteiger partial charge >= 0.3 is 0 Å². The summed E-state index contributed by atoms with van der Waals surface area (Å²) in [4.78, 5) is 0. The SMILES string of the molecule is CC(C)c1c(C2CCCOC2)nn(C)c1N. The van der Waals surface area contributed by atoms with Crippen LogP contribution in [0.5, 0.6) is 0 Å². The van der Waals surface area contributed by atoms with Crippen LogP contribution in [0.1, 0.15) is 49.8 Å². The lowest BCUT2D eigenvalue weighted by molar-refractivity contribution is 0.0788. The van der Waals surface area contributed by atoms with Gasteiger partial charge in [-0.05, 0) is 18.8 Å². The van der Waals surface area contributed by atoms with Crippen molar-refractivity contribution in [2.75, 3.05) is 18.9 Å². The Kier molecular flexibility index (Phi) is 3.19. The summed E-state index contributed by atoms with van der Waals surface area (Å²) < 4.78 is 7.32. The fourth-order valence-electron chi connectivity index (χ4n) is 2.42. The van der Waals surface area contributed by atoms with Crippen LogP contribution < -0.4 is 5.73 Å². The summed E-state index contributed by atoms with van der Waals surface area (Å²) in [5, 5.41) is 4.57. The first-order valence-corrected chi connectivity index (χ1v) is 6.01. The molecule has 0 aromatic carbocycles. The molecule has 90 valence electrons. The summed E-state index contributed by atoms with van der Waals surface area (Å²) in [7, 11) is 1.91. The minimum atomic E-state index is 0.422. The molecule has 1 atom stereocenters. The summed E-state index contributed by atoms with van der Waals surface area (Å²) in [5.41, 5.74) is 8.43. The Hall–Kier alpha value is -1.03. The number of aromatic nitrogens is 2. The lowest BCUT2D eigenvalue weighted by atomic mass is 9.91. The summed E-state index contributed by atoms with van der Waals surface area (Å²) in [6.07, 6.45) is 2.29. The second-order valence-corrected chi connectivity index (χ2v) is 4.88. The van der Waals surface area contributed by atoms with Crippen LogP contribution in [0, 0.1) is 0 Å². The Morgan fingerprint density at radius 1 is 1.50 bits per heavy atom. The maximum absolute atomic E-state index is 6.07. The number of rotatable bonds is 2. The van der Waals surface area contributed by atoms with Crippen molar-refractivity contribution in [3.8, 4) is 0 Å². The van der Waals surface area contributed by atoms with Crippen LogP contribution >= 0.6 is 0 Å². The third kappa shape index (κ3) is 1.94. The molecule has 1 unspecified atom stereocenters. The van der Waals surface area contributed by atoms with Gasteiger partial charge < -0.3 is 10.5 Å². The van der Waals surface area contributed by atoms with Crippen molar-refractivity contribution in [2.45, 2.75) is 38.5 Å². The van der Waals surface area contributed by atoms with E-state index in [4.69, 9.17) is 10.5 Å². The molecule has 2 heterocycles. The molecule has 1 aliphatic rings. The first kappa shape index (κ1) is 11.5. The van der Waals surface area contributed by atoms with Crippen molar-refractivity contribution < 1.29 is 4.74 Å². The lowest BCUT2D eigenvalue weighted by Crippen LogP contribution is -2.17. The molecule has 0 aliphatic carbocycles. The van der Waals surface area contributed by atoms with Crippen LogP contribution in [0.15, 0.2) is 0 Å². The summed E-state index contributed by atoms with van der Waals surface area (Å²) in [6, 6.07) is 0. The van der Waals surface area contributed by atoms with E-state index in [1.807, 2.05) is 7.05 Å². The number of aryl methyl sites for hydroxylation is 1. The average molecular weight is 223 g/mol. The number of hydrogen-bond donors (Lipinski definition) is 1. The van der Waals surface area contributed by atoms with Gasteiger partial charge in [-0.25, -0.2) is 0 Å². The Morgan fingerprint density at radius 3 is 2.81 bits per heavy atom. The third-order valence-corrected chi connectivity index (χ3v) is 3.28. The number of nitrogens with two attached hydrogens (primary N) is 1. The van der Waals surface area contributed by atoms with E-state index in [1.54, 1.807) is 4.68 Å². The lowest BCUT2D eigenvalue weighted by Gasteiger charge is -2.22. The van der Waals surface area contributed by atoms with E-state index in [0.29, 0.717) is 11.8 Å². The summed E-state index contributed by atoms with van der Waals surface area (Å²) >= 11 is 0. The fraction of sp³-hybridized carbons (Fsp3) is 0.750. The second kappa shape index (κ2) is 4.45. The first-order valence-electron chi connectivity index (χ1n) is 6.01. The van der Waals surface area contributed by atoms with E-state index in [-0.39, 0.29) is 0 Å². The Labute approximate surface area is 96.8 Å². The minimum absolute atomic E-state index is 0.422. The molecule has 0 bridgehead atoms. The van der Waals surface area contributed by atoms with Crippen molar-refractivity contribution in [3.05, 3.63) is 11.3 Å². The standard InChI is InChI=1S/C12H21N3O/c1-8(2)10-11(14-15(3)12(10)13)9-5-4-6-16-7-9/h8-9H,4-7,13H2,1-3H3. The zero-order valence-corrected chi connectivity index (χ0v) is 10.4. The fourth-order valence-corrected chi connectivity index (χ4v) is 2.42. The second-order valence-electron chi connectivity index (χ2n) is 4.88. The van der Waals surface area contributed by atoms with Crippen molar-refractivity contribution in [1.29, 1.82) is 0 Å². The molecule has 1 fully saturated rings. The topological polar surface area (TPSA) is 53.1 Å². The zero-order valence-electron chi connectivity index (χ0n) is 10.4. The van der Waals surface area contributed by atoms with E-state index in [0.717, 1.165) is 37.6 Å². The predicted octanol–water partition coefficient (Wildman–Crippen LogP) is 2.02.